The number of nitrogens with zero attached hydrogens (tertiary/aromatic N) is 1. The van der Waals surface area contributed by atoms with Crippen LogP contribution in [-0.2, 0) is 22.3 Å². The summed E-state index contributed by atoms with van der Waals surface area (Å²) in [4.78, 5) is 26.1. The quantitative estimate of drug-likeness (QED) is 0.824. The Kier molecular flexibility index (Phi) is 6.52. The summed E-state index contributed by atoms with van der Waals surface area (Å²) in [5.41, 5.74) is -0.296. The van der Waals surface area contributed by atoms with Gasteiger partial charge in [0, 0.05) is 26.2 Å². The molecule has 1 unspecified atom stereocenters. The molecular weight excluding hydrogens is 371 g/mol. The van der Waals surface area contributed by atoms with Crippen LogP contribution >= 0.6 is 12.4 Å². The van der Waals surface area contributed by atoms with Crippen molar-refractivity contribution in [3.8, 4) is 0 Å². The van der Waals surface area contributed by atoms with Gasteiger partial charge in [0.2, 0.25) is 11.8 Å². The number of hydrogen-bond acceptors (Lipinski definition) is 3. The lowest BCUT2D eigenvalue weighted by atomic mass is 9.99. The molecule has 2 saturated heterocycles. The van der Waals surface area contributed by atoms with E-state index in [1.807, 2.05) is 0 Å². The van der Waals surface area contributed by atoms with Crippen molar-refractivity contribution in [2.75, 3.05) is 19.6 Å². The summed E-state index contributed by atoms with van der Waals surface area (Å²) in [5.74, 6) is -0.478. The minimum atomic E-state index is -4.41. The molecule has 2 N–H and O–H groups in total. The summed E-state index contributed by atoms with van der Waals surface area (Å²) in [6.45, 7) is 1.81. The number of amides is 2. The van der Waals surface area contributed by atoms with E-state index in [-0.39, 0.29) is 36.7 Å². The van der Waals surface area contributed by atoms with Crippen molar-refractivity contribution in [3.63, 3.8) is 0 Å². The van der Waals surface area contributed by atoms with Gasteiger partial charge in [-0.25, -0.2) is 0 Å². The normalized spacial score (nSPS) is 21.0. The van der Waals surface area contributed by atoms with E-state index in [0.717, 1.165) is 12.1 Å². The van der Waals surface area contributed by atoms with Crippen LogP contribution in [0.15, 0.2) is 24.3 Å². The highest BCUT2D eigenvalue weighted by atomic mass is 35.5. The molecule has 0 spiro atoms. The monoisotopic (exact) mass is 391 g/mol. The number of alkyl halides is 3. The summed E-state index contributed by atoms with van der Waals surface area (Å²) >= 11 is 0. The van der Waals surface area contributed by atoms with Gasteiger partial charge in [-0.2, -0.15) is 13.2 Å². The summed E-state index contributed by atoms with van der Waals surface area (Å²) < 4.78 is 38.4. The molecule has 26 heavy (non-hydrogen) atoms. The molecule has 0 radical (unpaired) electrons. The summed E-state index contributed by atoms with van der Waals surface area (Å²) in [6, 6.07) is 4.40. The third-order valence-corrected chi connectivity index (χ3v) is 4.63. The molecule has 2 fully saturated rings. The Labute approximate surface area is 155 Å². The minimum Gasteiger partial charge on any atom is -0.344 e. The molecular formula is C17H21ClF3N3O2. The summed E-state index contributed by atoms with van der Waals surface area (Å²) in [6.07, 6.45) is -3.14. The van der Waals surface area contributed by atoms with Gasteiger partial charge in [-0.3, -0.25) is 9.59 Å². The molecule has 0 aromatic heterocycles. The Morgan fingerprint density at radius 2 is 2.04 bits per heavy atom. The molecule has 1 aromatic carbocycles. The average molecular weight is 392 g/mol. The van der Waals surface area contributed by atoms with E-state index in [1.165, 1.54) is 11.0 Å². The molecule has 2 amide bonds. The molecule has 0 saturated carbocycles. The maximum absolute atomic E-state index is 12.8. The Balaban J connectivity index is 0.00000243. The number of rotatable bonds is 4. The zero-order valence-corrected chi connectivity index (χ0v) is 14.8. The van der Waals surface area contributed by atoms with E-state index in [4.69, 9.17) is 0 Å². The van der Waals surface area contributed by atoms with Gasteiger partial charge in [0.25, 0.3) is 0 Å². The van der Waals surface area contributed by atoms with E-state index in [1.54, 1.807) is 6.07 Å². The second kappa shape index (κ2) is 8.26. The fourth-order valence-electron chi connectivity index (χ4n) is 3.06. The molecule has 144 valence electrons. The Bertz CT molecular complexity index is 665. The highest BCUT2D eigenvalue weighted by Crippen LogP contribution is 2.30. The number of hydrogen-bond donors (Lipinski definition) is 2. The summed E-state index contributed by atoms with van der Waals surface area (Å²) in [7, 11) is 0. The lowest BCUT2D eigenvalue weighted by Crippen LogP contribution is -2.57. The van der Waals surface area contributed by atoms with E-state index in [9.17, 15) is 22.8 Å². The number of carbonyl (C=O) groups excluding carboxylic acids is 2. The van der Waals surface area contributed by atoms with Crippen LogP contribution in [0.3, 0.4) is 0 Å². The van der Waals surface area contributed by atoms with Gasteiger partial charge in [-0.1, -0.05) is 12.1 Å². The van der Waals surface area contributed by atoms with Crippen molar-refractivity contribution in [2.45, 2.75) is 31.6 Å². The van der Waals surface area contributed by atoms with Crippen molar-refractivity contribution in [1.82, 2.24) is 15.5 Å². The van der Waals surface area contributed by atoms with E-state index < -0.39 is 17.8 Å². The third kappa shape index (κ3) is 4.67. The van der Waals surface area contributed by atoms with E-state index >= 15 is 0 Å². The Hall–Kier alpha value is -1.80. The zero-order chi connectivity index (χ0) is 18.0. The van der Waals surface area contributed by atoms with E-state index in [0.29, 0.717) is 38.0 Å². The van der Waals surface area contributed by atoms with Crippen molar-refractivity contribution in [2.24, 2.45) is 5.92 Å². The number of halogens is 4. The predicted octanol–water partition coefficient (Wildman–Crippen LogP) is 1.95. The van der Waals surface area contributed by atoms with Crippen LogP contribution < -0.4 is 10.6 Å². The largest absolute Gasteiger partial charge is 0.416 e. The molecule has 9 heteroatoms. The van der Waals surface area contributed by atoms with Gasteiger partial charge in [-0.05, 0) is 30.5 Å². The standard InChI is InChI=1S/C17H20F3N3O2.ClH/c18-17(19,20)13-4-1-3-11(7-13)10-23-6-2-5-14(16(23)25)22-15(24)12-8-21-9-12;/h1,3-4,7,12,14,21H,2,5-6,8-10H2,(H,22,24);1H. The molecule has 0 bridgehead atoms. The highest BCUT2D eigenvalue weighted by molar-refractivity contribution is 5.89. The lowest BCUT2D eigenvalue weighted by molar-refractivity contribution is -0.140. The van der Waals surface area contributed by atoms with Crippen LogP contribution in [0.5, 0.6) is 0 Å². The van der Waals surface area contributed by atoms with Crippen LogP contribution in [0.2, 0.25) is 0 Å². The van der Waals surface area contributed by atoms with Gasteiger partial charge in [0.05, 0.1) is 11.5 Å². The van der Waals surface area contributed by atoms with Crippen molar-refractivity contribution in [3.05, 3.63) is 35.4 Å². The smallest absolute Gasteiger partial charge is 0.344 e. The highest BCUT2D eigenvalue weighted by Gasteiger charge is 2.34. The molecule has 0 aliphatic carbocycles. The second-order valence-electron chi connectivity index (χ2n) is 6.52. The fraction of sp³-hybridized carbons (Fsp3) is 0.529. The van der Waals surface area contributed by atoms with Gasteiger partial charge in [0.15, 0.2) is 0 Å². The molecule has 2 aliphatic rings. The van der Waals surface area contributed by atoms with Crippen LogP contribution in [0.25, 0.3) is 0 Å². The Morgan fingerprint density at radius 3 is 2.65 bits per heavy atom. The Morgan fingerprint density at radius 1 is 1.31 bits per heavy atom. The van der Waals surface area contributed by atoms with Gasteiger partial charge in [-0.15, -0.1) is 12.4 Å². The summed E-state index contributed by atoms with van der Waals surface area (Å²) in [5, 5.41) is 5.77. The van der Waals surface area contributed by atoms with Crippen LogP contribution in [0.4, 0.5) is 13.2 Å². The maximum Gasteiger partial charge on any atom is 0.416 e. The average Bonchev–Trinajstić information content (AvgIpc) is 2.49. The number of benzene rings is 1. The van der Waals surface area contributed by atoms with Gasteiger partial charge >= 0.3 is 6.18 Å². The van der Waals surface area contributed by atoms with Crippen LogP contribution in [0, 0.1) is 5.92 Å². The molecule has 5 nitrogen and oxygen atoms in total. The predicted molar refractivity (Wildman–Crippen MR) is 91.6 cm³/mol. The molecule has 1 atom stereocenters. The molecule has 1 aromatic rings. The number of nitrogens with one attached hydrogen (secondary N) is 2. The van der Waals surface area contributed by atoms with E-state index in [2.05, 4.69) is 10.6 Å². The number of carbonyl (C=O) groups is 2. The maximum atomic E-state index is 12.8. The SMILES string of the molecule is Cl.O=C(NC1CCCN(Cc2cccc(C(F)(F)F)c2)C1=O)C1CNC1. The lowest BCUT2D eigenvalue weighted by Gasteiger charge is -2.34. The minimum absolute atomic E-state index is 0. The van der Waals surface area contributed by atoms with Gasteiger partial charge < -0.3 is 15.5 Å². The first kappa shape index (κ1) is 20.5. The van der Waals surface area contributed by atoms with Crippen molar-refractivity contribution >= 4 is 24.2 Å². The van der Waals surface area contributed by atoms with Crippen molar-refractivity contribution < 1.29 is 22.8 Å². The first-order chi connectivity index (χ1) is 11.8. The number of likely N-dealkylation sites (tertiary alicyclic amines) is 1. The first-order valence-corrected chi connectivity index (χ1v) is 8.30. The first-order valence-electron chi connectivity index (χ1n) is 8.30. The third-order valence-electron chi connectivity index (χ3n) is 4.63. The topological polar surface area (TPSA) is 61.4 Å². The molecule has 3 rings (SSSR count). The van der Waals surface area contributed by atoms with Crippen LogP contribution in [-0.4, -0.2) is 42.4 Å². The van der Waals surface area contributed by atoms with Crippen LogP contribution in [0.1, 0.15) is 24.0 Å². The van der Waals surface area contributed by atoms with Gasteiger partial charge in [0.1, 0.15) is 6.04 Å². The zero-order valence-electron chi connectivity index (χ0n) is 14.0. The number of piperidine rings is 1. The fourth-order valence-corrected chi connectivity index (χ4v) is 3.06. The molecule has 2 heterocycles. The van der Waals surface area contributed by atoms with Crippen molar-refractivity contribution in [1.29, 1.82) is 0 Å². The molecule has 2 aliphatic heterocycles. The second-order valence-corrected chi connectivity index (χ2v) is 6.52.